The summed E-state index contributed by atoms with van der Waals surface area (Å²) in [4.78, 5) is 19.3. The number of amides is 1. The summed E-state index contributed by atoms with van der Waals surface area (Å²) < 4.78 is 10.5. The zero-order valence-electron chi connectivity index (χ0n) is 15.3. The molecule has 0 unspecified atom stereocenters. The lowest BCUT2D eigenvalue weighted by atomic mass is 10.2. The number of rotatable bonds is 5. The number of anilines is 2. The average molecular weight is 355 g/mol. The van der Waals surface area contributed by atoms with Crippen molar-refractivity contribution in [3.63, 3.8) is 0 Å². The smallest absolute Gasteiger partial charge is 0.274 e. The van der Waals surface area contributed by atoms with Crippen molar-refractivity contribution in [1.82, 2.24) is 4.98 Å². The summed E-state index contributed by atoms with van der Waals surface area (Å²) in [6.45, 7) is 2.05. The van der Waals surface area contributed by atoms with Gasteiger partial charge < -0.3 is 19.7 Å². The van der Waals surface area contributed by atoms with E-state index in [0.717, 1.165) is 18.8 Å². The van der Waals surface area contributed by atoms with Gasteiger partial charge in [0.1, 0.15) is 17.2 Å². The molecule has 1 fully saturated rings. The van der Waals surface area contributed by atoms with Crippen molar-refractivity contribution in [2.45, 2.75) is 25.7 Å². The van der Waals surface area contributed by atoms with Crippen LogP contribution in [-0.4, -0.2) is 38.2 Å². The second kappa shape index (κ2) is 8.56. The number of nitrogens with zero attached hydrogens (tertiary/aromatic N) is 2. The maximum atomic E-state index is 12.7. The molecule has 138 valence electrons. The Hall–Kier alpha value is -2.76. The largest absolute Gasteiger partial charge is 0.497 e. The van der Waals surface area contributed by atoms with Crippen LogP contribution in [0.3, 0.4) is 0 Å². The van der Waals surface area contributed by atoms with Gasteiger partial charge >= 0.3 is 0 Å². The van der Waals surface area contributed by atoms with Gasteiger partial charge in [-0.15, -0.1) is 0 Å². The number of benzene rings is 1. The number of hydrogen-bond acceptors (Lipinski definition) is 5. The monoisotopic (exact) mass is 355 g/mol. The standard InChI is InChI=1S/C20H25N3O3/c1-25-16-7-8-19(26-2)17(14-16)22-20(24)18-13-15(9-10-21-18)23-11-5-3-4-6-12-23/h7-10,13-14H,3-6,11-12H2,1-2H3,(H,22,24). The first-order chi connectivity index (χ1) is 12.7. The van der Waals surface area contributed by atoms with E-state index in [1.807, 2.05) is 12.1 Å². The van der Waals surface area contributed by atoms with E-state index in [1.54, 1.807) is 38.6 Å². The van der Waals surface area contributed by atoms with Gasteiger partial charge in [0, 0.05) is 31.0 Å². The molecule has 0 spiro atoms. The zero-order valence-corrected chi connectivity index (χ0v) is 15.3. The fourth-order valence-corrected chi connectivity index (χ4v) is 3.17. The fraction of sp³-hybridized carbons (Fsp3) is 0.400. The molecule has 1 aromatic heterocycles. The summed E-state index contributed by atoms with van der Waals surface area (Å²) in [5, 5.41) is 2.87. The van der Waals surface area contributed by atoms with Gasteiger partial charge in [-0.05, 0) is 37.1 Å². The predicted octanol–water partition coefficient (Wildman–Crippen LogP) is 3.73. The third-order valence-electron chi connectivity index (χ3n) is 4.60. The Bertz CT molecular complexity index is 756. The number of carbonyl (C=O) groups excluding carboxylic acids is 1. The molecule has 0 bridgehead atoms. The third-order valence-corrected chi connectivity index (χ3v) is 4.60. The lowest BCUT2D eigenvalue weighted by molar-refractivity contribution is 0.102. The summed E-state index contributed by atoms with van der Waals surface area (Å²) in [5.41, 5.74) is 1.99. The minimum atomic E-state index is -0.270. The lowest BCUT2D eigenvalue weighted by Crippen LogP contribution is -2.24. The van der Waals surface area contributed by atoms with Crippen LogP contribution in [0.25, 0.3) is 0 Å². The summed E-state index contributed by atoms with van der Waals surface area (Å²) in [6, 6.07) is 9.10. The highest BCUT2D eigenvalue weighted by Crippen LogP contribution is 2.29. The van der Waals surface area contributed by atoms with Crippen molar-refractivity contribution in [1.29, 1.82) is 0 Å². The highest BCUT2D eigenvalue weighted by Gasteiger charge is 2.15. The van der Waals surface area contributed by atoms with Gasteiger partial charge in [0.15, 0.2) is 0 Å². The molecule has 1 aliphatic heterocycles. The zero-order chi connectivity index (χ0) is 18.4. The second-order valence-corrected chi connectivity index (χ2v) is 6.32. The van der Waals surface area contributed by atoms with Crippen LogP contribution >= 0.6 is 0 Å². The van der Waals surface area contributed by atoms with Crippen LogP contribution in [0.4, 0.5) is 11.4 Å². The van der Waals surface area contributed by atoms with Crippen LogP contribution < -0.4 is 19.7 Å². The minimum Gasteiger partial charge on any atom is -0.497 e. The Balaban J connectivity index is 1.79. The van der Waals surface area contributed by atoms with Crippen molar-refractivity contribution >= 4 is 17.3 Å². The van der Waals surface area contributed by atoms with Crippen LogP contribution in [0, 0.1) is 0 Å². The first-order valence-corrected chi connectivity index (χ1v) is 8.95. The molecule has 6 nitrogen and oxygen atoms in total. The molecule has 1 saturated heterocycles. The number of carbonyl (C=O) groups is 1. The van der Waals surface area contributed by atoms with E-state index in [2.05, 4.69) is 15.2 Å². The molecule has 0 aliphatic carbocycles. The lowest BCUT2D eigenvalue weighted by Gasteiger charge is -2.22. The van der Waals surface area contributed by atoms with Gasteiger partial charge in [0.25, 0.3) is 5.91 Å². The third kappa shape index (κ3) is 4.25. The van der Waals surface area contributed by atoms with E-state index in [1.165, 1.54) is 25.7 Å². The van der Waals surface area contributed by atoms with Crippen LogP contribution in [0.5, 0.6) is 11.5 Å². The number of aromatic nitrogens is 1. The number of hydrogen-bond donors (Lipinski definition) is 1. The first-order valence-electron chi connectivity index (χ1n) is 8.95. The van der Waals surface area contributed by atoms with E-state index >= 15 is 0 Å². The topological polar surface area (TPSA) is 63.7 Å². The minimum absolute atomic E-state index is 0.270. The van der Waals surface area contributed by atoms with Crippen LogP contribution in [0.15, 0.2) is 36.5 Å². The highest BCUT2D eigenvalue weighted by atomic mass is 16.5. The molecular formula is C20H25N3O3. The van der Waals surface area contributed by atoms with Crippen LogP contribution in [0.1, 0.15) is 36.2 Å². The normalized spacial score (nSPS) is 14.5. The first kappa shape index (κ1) is 18.0. The van der Waals surface area contributed by atoms with Gasteiger partial charge in [0.2, 0.25) is 0 Å². The Morgan fingerprint density at radius 2 is 1.81 bits per heavy atom. The highest BCUT2D eigenvalue weighted by molar-refractivity contribution is 6.04. The van der Waals surface area contributed by atoms with Gasteiger partial charge in [-0.1, -0.05) is 12.8 Å². The molecule has 0 radical (unpaired) electrons. The Labute approximate surface area is 154 Å². The summed E-state index contributed by atoms with van der Waals surface area (Å²) in [6.07, 6.45) is 6.60. The second-order valence-electron chi connectivity index (χ2n) is 6.32. The Morgan fingerprint density at radius 3 is 2.50 bits per heavy atom. The maximum absolute atomic E-state index is 12.7. The molecule has 1 aliphatic rings. The number of ether oxygens (including phenoxy) is 2. The molecule has 0 saturated carbocycles. The van der Waals surface area contributed by atoms with E-state index in [4.69, 9.17) is 9.47 Å². The van der Waals surface area contributed by atoms with Crippen molar-refractivity contribution < 1.29 is 14.3 Å². The average Bonchev–Trinajstić information content (AvgIpc) is 2.97. The van der Waals surface area contributed by atoms with Crippen molar-refractivity contribution in [3.8, 4) is 11.5 Å². The number of nitrogens with one attached hydrogen (secondary N) is 1. The van der Waals surface area contributed by atoms with Crippen LogP contribution in [0.2, 0.25) is 0 Å². The SMILES string of the molecule is COc1ccc(OC)c(NC(=O)c2cc(N3CCCCCC3)ccn2)c1. The molecule has 2 heterocycles. The van der Waals surface area contributed by atoms with E-state index in [9.17, 15) is 4.79 Å². The van der Waals surface area contributed by atoms with E-state index in [-0.39, 0.29) is 5.91 Å². The maximum Gasteiger partial charge on any atom is 0.274 e. The molecule has 2 aromatic rings. The number of methoxy groups -OCH3 is 2. The predicted molar refractivity (Wildman–Crippen MR) is 102 cm³/mol. The van der Waals surface area contributed by atoms with Crippen molar-refractivity contribution in [2.24, 2.45) is 0 Å². The summed E-state index contributed by atoms with van der Waals surface area (Å²) in [7, 11) is 3.15. The summed E-state index contributed by atoms with van der Waals surface area (Å²) >= 11 is 0. The van der Waals surface area contributed by atoms with Gasteiger partial charge in [-0.25, -0.2) is 0 Å². The van der Waals surface area contributed by atoms with Crippen molar-refractivity contribution in [2.75, 3.05) is 37.5 Å². The fourth-order valence-electron chi connectivity index (χ4n) is 3.17. The summed E-state index contributed by atoms with van der Waals surface area (Å²) in [5.74, 6) is 0.948. The van der Waals surface area contributed by atoms with Gasteiger partial charge in [-0.3, -0.25) is 9.78 Å². The van der Waals surface area contributed by atoms with Crippen molar-refractivity contribution in [3.05, 3.63) is 42.2 Å². The molecule has 1 aromatic carbocycles. The van der Waals surface area contributed by atoms with Crippen LogP contribution in [-0.2, 0) is 0 Å². The molecule has 6 heteroatoms. The molecule has 1 N–H and O–H groups in total. The molecule has 0 atom stereocenters. The number of pyridine rings is 1. The van der Waals surface area contributed by atoms with Gasteiger partial charge in [-0.2, -0.15) is 0 Å². The molecular weight excluding hydrogens is 330 g/mol. The molecule has 1 amide bonds. The van der Waals surface area contributed by atoms with Gasteiger partial charge in [0.05, 0.1) is 19.9 Å². The molecule has 26 heavy (non-hydrogen) atoms. The molecule has 3 rings (SSSR count). The quantitative estimate of drug-likeness (QED) is 0.885. The van der Waals surface area contributed by atoms with E-state index in [0.29, 0.717) is 22.9 Å². The Kier molecular flexibility index (Phi) is 5.94. The van der Waals surface area contributed by atoms with E-state index < -0.39 is 0 Å². The Morgan fingerprint density at radius 1 is 1.04 bits per heavy atom.